The first-order valence-electron chi connectivity index (χ1n) is 10.0. The maximum atomic E-state index is 13.0. The van der Waals surface area contributed by atoms with Crippen LogP contribution in [-0.2, 0) is 25.7 Å². The van der Waals surface area contributed by atoms with E-state index < -0.39 is 11.7 Å². The molecule has 0 unspecified atom stereocenters. The van der Waals surface area contributed by atoms with Gasteiger partial charge in [-0.1, -0.05) is 12.1 Å². The molecule has 0 radical (unpaired) electrons. The number of halogens is 3. The Hall–Kier alpha value is -3.59. The summed E-state index contributed by atoms with van der Waals surface area (Å²) in [5.74, 6) is 1.72. The normalized spacial score (nSPS) is 14.3. The van der Waals surface area contributed by atoms with E-state index in [9.17, 15) is 13.2 Å². The van der Waals surface area contributed by atoms with Crippen molar-refractivity contribution in [2.24, 2.45) is 0 Å². The molecule has 4 aromatic rings. The number of aromatic nitrogens is 4. The first kappa shape index (κ1) is 20.3. The first-order chi connectivity index (χ1) is 15.5. The highest BCUT2D eigenvalue weighted by atomic mass is 19.4. The Morgan fingerprint density at radius 1 is 1.00 bits per heavy atom. The predicted octanol–water partition coefficient (Wildman–Crippen LogP) is 4.77. The van der Waals surface area contributed by atoms with Crippen LogP contribution in [0.5, 0.6) is 0 Å². The van der Waals surface area contributed by atoms with Crippen LogP contribution in [0.3, 0.4) is 0 Å². The van der Waals surface area contributed by atoms with Gasteiger partial charge in [-0.2, -0.15) is 13.2 Å². The second-order valence-electron chi connectivity index (χ2n) is 7.60. The lowest BCUT2D eigenvalue weighted by Gasteiger charge is -2.27. The van der Waals surface area contributed by atoms with E-state index in [1.165, 1.54) is 12.4 Å². The van der Waals surface area contributed by atoms with Gasteiger partial charge in [0, 0.05) is 49.2 Å². The van der Waals surface area contributed by atoms with Gasteiger partial charge in [0.25, 0.3) is 0 Å². The highest BCUT2D eigenvalue weighted by molar-refractivity contribution is 5.59. The summed E-state index contributed by atoms with van der Waals surface area (Å²) >= 11 is 0. The molecule has 0 fully saturated rings. The zero-order chi connectivity index (χ0) is 22.1. The topological polar surface area (TPSA) is 67.9 Å². The van der Waals surface area contributed by atoms with E-state index in [0.29, 0.717) is 36.0 Å². The van der Waals surface area contributed by atoms with Crippen LogP contribution < -0.4 is 0 Å². The third-order valence-corrected chi connectivity index (χ3v) is 5.35. The summed E-state index contributed by atoms with van der Waals surface area (Å²) in [5, 5.41) is 0. The average Bonchev–Trinajstić information content (AvgIpc) is 3.27. The highest BCUT2D eigenvalue weighted by Crippen LogP contribution is 2.33. The molecule has 0 saturated heterocycles. The van der Waals surface area contributed by atoms with Gasteiger partial charge < -0.3 is 4.42 Å². The zero-order valence-corrected chi connectivity index (χ0v) is 16.9. The first-order valence-corrected chi connectivity index (χ1v) is 10.0. The maximum Gasteiger partial charge on any atom is 0.416 e. The molecule has 6 nitrogen and oxygen atoms in total. The van der Waals surface area contributed by atoms with E-state index in [0.717, 1.165) is 41.9 Å². The fourth-order valence-corrected chi connectivity index (χ4v) is 3.75. The molecule has 0 aliphatic carbocycles. The summed E-state index contributed by atoms with van der Waals surface area (Å²) in [7, 11) is 0. The third-order valence-electron chi connectivity index (χ3n) is 5.35. The van der Waals surface area contributed by atoms with Crippen molar-refractivity contribution in [1.29, 1.82) is 0 Å². The van der Waals surface area contributed by atoms with Crippen molar-refractivity contribution in [3.05, 3.63) is 83.9 Å². The molecule has 0 bridgehead atoms. The molecule has 0 spiro atoms. The minimum atomic E-state index is -4.39. The zero-order valence-electron chi connectivity index (χ0n) is 16.9. The number of rotatable bonds is 4. The molecule has 4 heterocycles. The van der Waals surface area contributed by atoms with Crippen LogP contribution in [0.25, 0.3) is 22.7 Å². The molecular weight excluding hydrogens is 419 g/mol. The van der Waals surface area contributed by atoms with Crippen LogP contribution in [0.4, 0.5) is 13.2 Å². The lowest BCUT2D eigenvalue weighted by atomic mass is 10.1. The molecule has 1 aromatic carbocycles. The number of nitrogens with zero attached hydrogens (tertiary/aromatic N) is 5. The molecule has 9 heteroatoms. The van der Waals surface area contributed by atoms with E-state index in [-0.39, 0.29) is 0 Å². The Morgan fingerprint density at radius 2 is 1.84 bits per heavy atom. The van der Waals surface area contributed by atoms with Gasteiger partial charge in [-0.3, -0.25) is 4.90 Å². The lowest BCUT2D eigenvalue weighted by molar-refractivity contribution is -0.137. The quantitative estimate of drug-likeness (QED) is 0.458. The van der Waals surface area contributed by atoms with Crippen molar-refractivity contribution in [2.75, 3.05) is 6.54 Å². The fraction of sp³-hybridized carbons (Fsp3) is 0.217. The Labute approximate surface area is 181 Å². The van der Waals surface area contributed by atoms with Gasteiger partial charge in [0.05, 0.1) is 23.4 Å². The number of hydrogen-bond donors (Lipinski definition) is 0. The molecule has 1 aliphatic heterocycles. The van der Waals surface area contributed by atoms with E-state index >= 15 is 0 Å². The predicted molar refractivity (Wildman–Crippen MR) is 110 cm³/mol. The molecule has 0 saturated carbocycles. The minimum absolute atomic E-state index is 0.404. The molecule has 3 aromatic heterocycles. The lowest BCUT2D eigenvalue weighted by Crippen LogP contribution is -2.30. The molecular formula is C23H18F3N5O. The second kappa shape index (κ2) is 8.16. The van der Waals surface area contributed by atoms with Crippen LogP contribution >= 0.6 is 0 Å². The van der Waals surface area contributed by atoms with Gasteiger partial charge in [-0.05, 0) is 24.3 Å². The van der Waals surface area contributed by atoms with E-state index in [4.69, 9.17) is 4.42 Å². The summed E-state index contributed by atoms with van der Waals surface area (Å²) in [4.78, 5) is 19.3. The smallest absolute Gasteiger partial charge is 0.416 e. The van der Waals surface area contributed by atoms with Gasteiger partial charge in [-0.25, -0.2) is 19.9 Å². The summed E-state index contributed by atoms with van der Waals surface area (Å²) in [6, 6.07) is 8.67. The van der Waals surface area contributed by atoms with Crippen molar-refractivity contribution < 1.29 is 17.6 Å². The van der Waals surface area contributed by atoms with Crippen LogP contribution in [0.15, 0.2) is 65.7 Å². The Bertz CT molecular complexity index is 1240. The Kier molecular flexibility index (Phi) is 5.18. The van der Waals surface area contributed by atoms with E-state index in [1.807, 2.05) is 6.20 Å². The number of alkyl halides is 3. The van der Waals surface area contributed by atoms with E-state index in [2.05, 4.69) is 24.8 Å². The monoisotopic (exact) mass is 437 g/mol. The Balaban J connectivity index is 1.29. The average molecular weight is 437 g/mol. The molecule has 1 aliphatic rings. The molecule has 32 heavy (non-hydrogen) atoms. The number of benzene rings is 1. The molecule has 5 rings (SSSR count). The number of fused-ring (bicyclic) bond motifs is 1. The SMILES string of the molecule is FC(F)(F)c1cccc(-c2ccc(CN3CCc4nc(-c5cncnc5)ncc4C3)o2)c1. The van der Waals surface area contributed by atoms with Crippen molar-refractivity contribution in [1.82, 2.24) is 24.8 Å². The minimum Gasteiger partial charge on any atom is -0.460 e. The summed E-state index contributed by atoms with van der Waals surface area (Å²) in [6.07, 6.45) is 3.03. The molecule has 0 atom stereocenters. The standard InChI is InChI=1S/C23H18F3N5O/c24-23(25,26)18-3-1-2-15(8-18)21-5-4-19(32-21)13-31-7-6-20-17(12-31)11-29-22(30-20)16-9-27-14-28-10-16/h1-5,8-11,14H,6-7,12-13H2. The fourth-order valence-electron chi connectivity index (χ4n) is 3.75. The molecule has 0 N–H and O–H groups in total. The molecule has 162 valence electrons. The van der Waals surface area contributed by atoms with Gasteiger partial charge >= 0.3 is 6.18 Å². The largest absolute Gasteiger partial charge is 0.460 e. The van der Waals surface area contributed by atoms with Crippen LogP contribution in [-0.4, -0.2) is 31.4 Å². The second-order valence-corrected chi connectivity index (χ2v) is 7.60. The van der Waals surface area contributed by atoms with Crippen molar-refractivity contribution in [3.8, 4) is 22.7 Å². The van der Waals surface area contributed by atoms with Gasteiger partial charge in [-0.15, -0.1) is 0 Å². The summed E-state index contributed by atoms with van der Waals surface area (Å²) in [6.45, 7) is 2.00. The van der Waals surface area contributed by atoms with Crippen molar-refractivity contribution in [3.63, 3.8) is 0 Å². The van der Waals surface area contributed by atoms with Gasteiger partial charge in [0.15, 0.2) is 5.82 Å². The number of furan rings is 1. The van der Waals surface area contributed by atoms with Crippen LogP contribution in [0.1, 0.15) is 22.6 Å². The Morgan fingerprint density at radius 3 is 2.66 bits per heavy atom. The van der Waals surface area contributed by atoms with Crippen molar-refractivity contribution >= 4 is 0 Å². The molecule has 0 amide bonds. The van der Waals surface area contributed by atoms with Crippen molar-refractivity contribution in [2.45, 2.75) is 25.7 Å². The van der Waals surface area contributed by atoms with Crippen LogP contribution in [0, 0.1) is 0 Å². The van der Waals surface area contributed by atoms with E-state index in [1.54, 1.807) is 30.6 Å². The maximum absolute atomic E-state index is 13.0. The van der Waals surface area contributed by atoms with Crippen LogP contribution in [0.2, 0.25) is 0 Å². The summed E-state index contributed by atoms with van der Waals surface area (Å²) in [5.41, 5.74) is 2.53. The number of hydrogen-bond acceptors (Lipinski definition) is 6. The van der Waals surface area contributed by atoms with Gasteiger partial charge in [0.2, 0.25) is 0 Å². The van der Waals surface area contributed by atoms with Gasteiger partial charge in [0.1, 0.15) is 17.8 Å². The summed E-state index contributed by atoms with van der Waals surface area (Å²) < 4.78 is 44.8. The third kappa shape index (κ3) is 4.24. The highest BCUT2D eigenvalue weighted by Gasteiger charge is 2.30.